The Morgan fingerprint density at radius 3 is 2.44 bits per heavy atom. The van der Waals surface area contributed by atoms with Crippen molar-refractivity contribution in [3.05, 3.63) is 11.6 Å². The Morgan fingerprint density at radius 1 is 1.03 bits per heavy atom. The lowest BCUT2D eigenvalue weighted by Gasteiger charge is -2.57. The van der Waals surface area contributed by atoms with Crippen molar-refractivity contribution >= 4 is 23.8 Å². The van der Waals surface area contributed by atoms with Crippen LogP contribution in [0.15, 0.2) is 11.6 Å². The van der Waals surface area contributed by atoms with E-state index in [1.165, 1.54) is 26.3 Å². The summed E-state index contributed by atoms with van der Waals surface area (Å²) in [4.78, 5) is 47.8. The number of nitrogens with one attached hydrogen (secondary N) is 1. The van der Waals surface area contributed by atoms with Crippen LogP contribution in [-0.4, -0.2) is 48.7 Å². The van der Waals surface area contributed by atoms with Crippen LogP contribution >= 0.6 is 0 Å². The van der Waals surface area contributed by atoms with Gasteiger partial charge in [-0.1, -0.05) is 32.4 Å². The largest absolute Gasteiger partial charge is 0.466 e. The van der Waals surface area contributed by atoms with E-state index in [4.69, 9.17) is 14.2 Å². The van der Waals surface area contributed by atoms with E-state index in [1.54, 1.807) is 0 Å². The number of ether oxygens (including phenoxy) is 3. The van der Waals surface area contributed by atoms with Crippen molar-refractivity contribution in [1.29, 1.82) is 0 Å². The number of fused-ring (bicyclic) bond motifs is 5. The van der Waals surface area contributed by atoms with Crippen LogP contribution in [0.3, 0.4) is 0 Å². The Bertz CT molecular complexity index is 1010. The second-order valence-electron chi connectivity index (χ2n) is 13.2. The number of amides is 1. The quantitative estimate of drug-likeness (QED) is 0.263. The zero-order chi connectivity index (χ0) is 28.5. The maximum absolute atomic E-state index is 12.9. The topological polar surface area (TPSA) is 108 Å². The first-order chi connectivity index (χ1) is 18.3. The van der Waals surface area contributed by atoms with Crippen LogP contribution in [0, 0.1) is 34.5 Å². The van der Waals surface area contributed by atoms with Crippen molar-refractivity contribution in [2.24, 2.45) is 34.5 Å². The van der Waals surface area contributed by atoms with Crippen LogP contribution in [0.1, 0.15) is 99.3 Å². The summed E-state index contributed by atoms with van der Waals surface area (Å²) >= 11 is 0. The first kappa shape index (κ1) is 29.6. The third-order valence-electron chi connectivity index (χ3n) is 10.5. The number of allylic oxidation sites excluding steroid dienone is 1. The number of carbonyl (C=O) groups excluding carboxylic acids is 4. The number of rotatable bonds is 8. The summed E-state index contributed by atoms with van der Waals surface area (Å²) in [5, 5.41) is 3.18. The Hall–Kier alpha value is -2.38. The molecule has 0 bridgehead atoms. The van der Waals surface area contributed by atoms with Crippen molar-refractivity contribution in [2.75, 3.05) is 6.61 Å². The molecule has 218 valence electrons. The lowest BCUT2D eigenvalue weighted by molar-refractivity contribution is -0.152. The molecular weight excluding hydrogens is 498 g/mol. The molecule has 1 amide bonds. The monoisotopic (exact) mass is 545 g/mol. The fourth-order valence-electron chi connectivity index (χ4n) is 8.48. The number of hydrogen-bond donors (Lipinski definition) is 1. The highest BCUT2D eigenvalue weighted by Crippen LogP contribution is 2.65. The molecule has 1 N–H and O–H groups in total. The fourth-order valence-corrected chi connectivity index (χ4v) is 8.48. The Kier molecular flexibility index (Phi) is 8.82. The van der Waals surface area contributed by atoms with Gasteiger partial charge in [-0.3, -0.25) is 19.2 Å². The van der Waals surface area contributed by atoms with Crippen LogP contribution in [0.2, 0.25) is 0 Å². The summed E-state index contributed by atoms with van der Waals surface area (Å²) in [7, 11) is 0. The molecule has 4 rings (SSSR count). The Morgan fingerprint density at radius 2 is 1.77 bits per heavy atom. The predicted molar refractivity (Wildman–Crippen MR) is 145 cm³/mol. The van der Waals surface area contributed by atoms with E-state index in [1.807, 2.05) is 6.92 Å². The van der Waals surface area contributed by atoms with Gasteiger partial charge < -0.3 is 19.5 Å². The number of esters is 3. The van der Waals surface area contributed by atoms with Crippen molar-refractivity contribution < 1.29 is 33.4 Å². The zero-order valence-corrected chi connectivity index (χ0v) is 24.5. The summed E-state index contributed by atoms with van der Waals surface area (Å²) in [5.74, 6) is 0.521. The average molecular weight is 546 g/mol. The summed E-state index contributed by atoms with van der Waals surface area (Å²) in [6.07, 6.45) is 9.38. The molecule has 0 aromatic carbocycles. The third kappa shape index (κ3) is 6.19. The maximum Gasteiger partial charge on any atom is 0.306 e. The maximum atomic E-state index is 12.9. The normalized spacial score (nSPS) is 37.7. The predicted octanol–water partition coefficient (Wildman–Crippen LogP) is 4.89. The summed E-state index contributed by atoms with van der Waals surface area (Å²) < 4.78 is 16.7. The van der Waals surface area contributed by atoms with E-state index in [2.05, 4.69) is 25.2 Å². The van der Waals surface area contributed by atoms with Crippen LogP contribution in [0.5, 0.6) is 0 Å². The standard InChI is InChI=1S/C31H47NO7/c1-18(17-37-20(3)34)7-10-28(36)39-27-16-26-24-9-8-22-15-23(38-21(4)35)11-13-30(22,5)25(24)12-14-31(26,6)29(27)32-19(2)33/h8,18,23-27,29H,7,9-17H2,1-6H3,(H,32,33)/t18-,23+,24+,25-,26-,27-,29+,30-,31-/m0/s1. The van der Waals surface area contributed by atoms with Gasteiger partial charge in [0.1, 0.15) is 12.2 Å². The van der Waals surface area contributed by atoms with Gasteiger partial charge in [0.15, 0.2) is 0 Å². The van der Waals surface area contributed by atoms with E-state index in [0.29, 0.717) is 30.8 Å². The molecule has 0 aliphatic heterocycles. The molecule has 0 radical (unpaired) electrons. The van der Waals surface area contributed by atoms with E-state index in [9.17, 15) is 19.2 Å². The Balaban J connectivity index is 1.47. The minimum Gasteiger partial charge on any atom is -0.466 e. The second-order valence-corrected chi connectivity index (χ2v) is 13.2. The molecule has 4 aliphatic carbocycles. The molecule has 8 nitrogen and oxygen atoms in total. The molecule has 9 atom stereocenters. The highest BCUT2D eigenvalue weighted by atomic mass is 16.5. The van der Waals surface area contributed by atoms with Gasteiger partial charge in [0.05, 0.1) is 12.6 Å². The van der Waals surface area contributed by atoms with Gasteiger partial charge in [0.25, 0.3) is 0 Å². The number of carbonyl (C=O) groups is 4. The second kappa shape index (κ2) is 11.6. The minimum atomic E-state index is -0.350. The summed E-state index contributed by atoms with van der Waals surface area (Å²) in [6.45, 7) is 11.3. The van der Waals surface area contributed by atoms with Gasteiger partial charge in [-0.05, 0) is 79.4 Å². The molecule has 39 heavy (non-hydrogen) atoms. The summed E-state index contributed by atoms with van der Waals surface area (Å²) in [5.41, 5.74) is 1.39. The summed E-state index contributed by atoms with van der Waals surface area (Å²) in [6, 6.07) is -0.207. The molecule has 0 aromatic heterocycles. The van der Waals surface area contributed by atoms with Crippen LogP contribution in [0.4, 0.5) is 0 Å². The molecule has 0 unspecified atom stereocenters. The first-order valence-electron chi connectivity index (χ1n) is 14.8. The molecular formula is C31H47NO7. The highest BCUT2D eigenvalue weighted by molar-refractivity contribution is 5.74. The smallest absolute Gasteiger partial charge is 0.306 e. The molecule has 3 fully saturated rings. The fraction of sp³-hybridized carbons (Fsp3) is 0.806. The van der Waals surface area contributed by atoms with Crippen molar-refractivity contribution in [3.8, 4) is 0 Å². The van der Waals surface area contributed by atoms with Crippen LogP contribution < -0.4 is 5.32 Å². The number of hydrogen-bond acceptors (Lipinski definition) is 7. The molecule has 8 heteroatoms. The molecule has 0 saturated heterocycles. The Labute approximate surface area is 233 Å². The molecule has 3 saturated carbocycles. The van der Waals surface area contributed by atoms with E-state index in [0.717, 1.165) is 44.9 Å². The molecule has 0 spiro atoms. The zero-order valence-electron chi connectivity index (χ0n) is 24.5. The third-order valence-corrected chi connectivity index (χ3v) is 10.5. The van der Waals surface area contributed by atoms with Crippen molar-refractivity contribution in [3.63, 3.8) is 0 Å². The SMILES string of the molecule is CC(=O)N[C@@H]1[C@@H](OC(=O)CC[C@H](C)COC(C)=O)C[C@H]2[C@@H]3CC=C4C[C@H](OC(C)=O)CC[C@]4(C)[C@H]3CC[C@]12C. The van der Waals surface area contributed by atoms with Crippen LogP contribution in [-0.2, 0) is 33.4 Å². The lowest BCUT2D eigenvalue weighted by Crippen LogP contribution is -2.55. The van der Waals surface area contributed by atoms with Gasteiger partial charge in [-0.15, -0.1) is 0 Å². The minimum absolute atomic E-state index is 0.0246. The van der Waals surface area contributed by atoms with E-state index in [-0.39, 0.29) is 65.2 Å². The first-order valence-corrected chi connectivity index (χ1v) is 14.8. The molecule has 4 aliphatic rings. The molecule has 0 aromatic rings. The van der Waals surface area contributed by atoms with E-state index < -0.39 is 0 Å². The van der Waals surface area contributed by atoms with Crippen LogP contribution in [0.25, 0.3) is 0 Å². The van der Waals surface area contributed by atoms with Gasteiger partial charge in [-0.2, -0.15) is 0 Å². The highest BCUT2D eigenvalue weighted by Gasteiger charge is 2.62. The van der Waals surface area contributed by atoms with Crippen molar-refractivity contribution in [2.45, 2.75) is 118 Å². The molecule has 0 heterocycles. The van der Waals surface area contributed by atoms with Gasteiger partial charge in [-0.25, -0.2) is 0 Å². The van der Waals surface area contributed by atoms with Gasteiger partial charge >= 0.3 is 17.9 Å². The van der Waals surface area contributed by atoms with Gasteiger partial charge in [0.2, 0.25) is 5.91 Å². The van der Waals surface area contributed by atoms with Crippen molar-refractivity contribution in [1.82, 2.24) is 5.32 Å². The van der Waals surface area contributed by atoms with E-state index >= 15 is 0 Å². The van der Waals surface area contributed by atoms with Gasteiger partial charge in [0, 0.05) is 33.6 Å². The lowest BCUT2D eigenvalue weighted by atomic mass is 9.48. The average Bonchev–Trinajstić information content (AvgIpc) is 3.12.